The molecule has 0 bridgehead atoms. The van der Waals surface area contributed by atoms with Crippen LogP contribution in [0.25, 0.3) is 0 Å². The van der Waals surface area contributed by atoms with Crippen molar-refractivity contribution in [3.05, 3.63) is 70.8 Å². The molecule has 0 radical (unpaired) electrons. The quantitative estimate of drug-likeness (QED) is 0.718. The molecule has 0 heterocycles. The van der Waals surface area contributed by atoms with Gasteiger partial charge in [0.2, 0.25) is 0 Å². The Morgan fingerprint density at radius 1 is 1.12 bits per heavy atom. The molecule has 0 aromatic heterocycles. The van der Waals surface area contributed by atoms with E-state index in [0.717, 1.165) is 23.3 Å². The van der Waals surface area contributed by atoms with Crippen molar-refractivity contribution in [1.82, 2.24) is 5.32 Å². The van der Waals surface area contributed by atoms with Gasteiger partial charge in [0, 0.05) is 19.1 Å². The minimum Gasteiger partial charge on any atom is -0.390 e. The first-order valence-electron chi connectivity index (χ1n) is 8.12. The standard InChI is InChI=1S/C19H23F3N2O/c1-13-7-8-16(19(20,21)22)10-15(13)11-24-12-18(25)17(23)9-14-5-3-2-4-6-14/h2-8,10,17-18,24-25H,9,11-12,23H2,1H3/t17-,18+/m0/s1. The molecule has 0 unspecified atom stereocenters. The summed E-state index contributed by atoms with van der Waals surface area (Å²) in [5, 5.41) is 13.1. The van der Waals surface area contributed by atoms with Crippen molar-refractivity contribution in [1.29, 1.82) is 0 Å². The summed E-state index contributed by atoms with van der Waals surface area (Å²) in [5.74, 6) is 0. The van der Waals surface area contributed by atoms with Crippen molar-refractivity contribution in [2.24, 2.45) is 5.73 Å². The second-order valence-corrected chi connectivity index (χ2v) is 6.19. The van der Waals surface area contributed by atoms with E-state index in [9.17, 15) is 18.3 Å². The van der Waals surface area contributed by atoms with Gasteiger partial charge in [-0.25, -0.2) is 0 Å². The van der Waals surface area contributed by atoms with Crippen LogP contribution in [-0.4, -0.2) is 23.8 Å². The van der Waals surface area contributed by atoms with E-state index < -0.39 is 23.9 Å². The van der Waals surface area contributed by atoms with Crippen LogP contribution in [-0.2, 0) is 19.1 Å². The Hall–Kier alpha value is -1.89. The summed E-state index contributed by atoms with van der Waals surface area (Å²) in [6.07, 6.45) is -4.61. The zero-order valence-electron chi connectivity index (χ0n) is 14.1. The number of halogens is 3. The number of rotatable bonds is 7. The van der Waals surface area contributed by atoms with Gasteiger partial charge in [-0.1, -0.05) is 36.4 Å². The predicted octanol–water partition coefficient (Wildman–Crippen LogP) is 3.03. The highest BCUT2D eigenvalue weighted by molar-refractivity contribution is 5.32. The van der Waals surface area contributed by atoms with Crippen LogP contribution in [0.5, 0.6) is 0 Å². The highest BCUT2D eigenvalue weighted by atomic mass is 19.4. The first kappa shape index (κ1) is 19.4. The molecule has 0 amide bonds. The zero-order chi connectivity index (χ0) is 18.4. The Kier molecular flexibility index (Phi) is 6.58. The van der Waals surface area contributed by atoms with Crippen LogP contribution in [0.3, 0.4) is 0 Å². The molecule has 0 aliphatic carbocycles. The fraction of sp³-hybridized carbons (Fsp3) is 0.368. The van der Waals surface area contributed by atoms with Crippen molar-refractivity contribution < 1.29 is 18.3 Å². The Morgan fingerprint density at radius 3 is 2.44 bits per heavy atom. The van der Waals surface area contributed by atoms with Crippen molar-refractivity contribution in [2.45, 2.75) is 38.2 Å². The molecule has 0 aliphatic rings. The van der Waals surface area contributed by atoms with Crippen LogP contribution in [0, 0.1) is 6.92 Å². The lowest BCUT2D eigenvalue weighted by Gasteiger charge is -2.20. The van der Waals surface area contributed by atoms with Crippen molar-refractivity contribution in [3.8, 4) is 0 Å². The number of nitrogens with two attached hydrogens (primary N) is 1. The van der Waals surface area contributed by atoms with Gasteiger partial charge in [0.25, 0.3) is 0 Å². The predicted molar refractivity (Wildman–Crippen MR) is 92.0 cm³/mol. The second-order valence-electron chi connectivity index (χ2n) is 6.19. The van der Waals surface area contributed by atoms with E-state index >= 15 is 0 Å². The van der Waals surface area contributed by atoms with Crippen LogP contribution >= 0.6 is 0 Å². The number of aliphatic hydroxyl groups is 1. The van der Waals surface area contributed by atoms with Gasteiger partial charge < -0.3 is 16.2 Å². The van der Waals surface area contributed by atoms with Crippen LogP contribution in [0.4, 0.5) is 13.2 Å². The maximum absolute atomic E-state index is 12.8. The average Bonchev–Trinajstić information content (AvgIpc) is 2.56. The monoisotopic (exact) mass is 352 g/mol. The van der Waals surface area contributed by atoms with E-state index in [1.807, 2.05) is 30.3 Å². The topological polar surface area (TPSA) is 58.3 Å². The van der Waals surface area contributed by atoms with Gasteiger partial charge in [-0.2, -0.15) is 13.2 Å². The normalized spacial score (nSPS) is 14.3. The number of hydrogen-bond acceptors (Lipinski definition) is 3. The third-order valence-corrected chi connectivity index (χ3v) is 4.15. The largest absolute Gasteiger partial charge is 0.416 e. The number of benzene rings is 2. The molecule has 2 aromatic rings. The molecule has 2 atom stereocenters. The molecule has 4 N–H and O–H groups in total. The van der Waals surface area contributed by atoms with Gasteiger partial charge in [-0.3, -0.25) is 0 Å². The van der Waals surface area contributed by atoms with Crippen LogP contribution in [0.1, 0.15) is 22.3 Å². The molecular weight excluding hydrogens is 329 g/mol. The van der Waals surface area contributed by atoms with Crippen molar-refractivity contribution >= 4 is 0 Å². The fourth-order valence-corrected chi connectivity index (χ4v) is 2.57. The summed E-state index contributed by atoms with van der Waals surface area (Å²) in [6, 6.07) is 12.8. The average molecular weight is 352 g/mol. The molecule has 3 nitrogen and oxygen atoms in total. The SMILES string of the molecule is Cc1ccc(C(F)(F)F)cc1CNC[C@@H](O)[C@@H](N)Cc1ccccc1. The van der Waals surface area contributed by atoms with E-state index in [1.165, 1.54) is 6.07 Å². The van der Waals surface area contributed by atoms with Crippen molar-refractivity contribution in [3.63, 3.8) is 0 Å². The van der Waals surface area contributed by atoms with E-state index in [-0.39, 0.29) is 13.1 Å². The number of aliphatic hydroxyl groups excluding tert-OH is 1. The number of hydrogen-bond donors (Lipinski definition) is 3. The Morgan fingerprint density at radius 2 is 1.80 bits per heavy atom. The Balaban J connectivity index is 1.87. The summed E-state index contributed by atoms with van der Waals surface area (Å²) >= 11 is 0. The molecule has 0 saturated heterocycles. The molecule has 25 heavy (non-hydrogen) atoms. The maximum atomic E-state index is 12.8. The summed E-state index contributed by atoms with van der Waals surface area (Å²) in [6.45, 7) is 2.21. The molecule has 6 heteroatoms. The van der Waals surface area contributed by atoms with E-state index in [1.54, 1.807) is 6.92 Å². The molecule has 136 valence electrons. The number of aryl methyl sites for hydroxylation is 1. The molecule has 0 spiro atoms. The number of alkyl halides is 3. The third-order valence-electron chi connectivity index (χ3n) is 4.15. The lowest BCUT2D eigenvalue weighted by molar-refractivity contribution is -0.137. The van der Waals surface area contributed by atoms with Crippen LogP contribution < -0.4 is 11.1 Å². The minimum absolute atomic E-state index is 0.212. The summed E-state index contributed by atoms with van der Waals surface area (Å²) in [5.41, 5.74) is 7.68. The first-order chi connectivity index (χ1) is 11.8. The zero-order valence-corrected chi connectivity index (χ0v) is 14.1. The number of nitrogens with one attached hydrogen (secondary N) is 1. The third kappa shape index (κ3) is 5.85. The Bertz CT molecular complexity index is 674. The molecule has 0 aliphatic heterocycles. The molecule has 2 aromatic carbocycles. The van der Waals surface area contributed by atoms with Crippen LogP contribution in [0.2, 0.25) is 0 Å². The van der Waals surface area contributed by atoms with Gasteiger partial charge in [0.1, 0.15) is 0 Å². The van der Waals surface area contributed by atoms with Gasteiger partial charge in [0.15, 0.2) is 0 Å². The molecule has 0 fully saturated rings. The lowest BCUT2D eigenvalue weighted by Crippen LogP contribution is -2.43. The highest BCUT2D eigenvalue weighted by Gasteiger charge is 2.30. The van der Waals surface area contributed by atoms with Crippen molar-refractivity contribution in [2.75, 3.05) is 6.54 Å². The Labute approximate surface area is 145 Å². The maximum Gasteiger partial charge on any atom is 0.416 e. The van der Waals surface area contributed by atoms with E-state index in [2.05, 4.69) is 5.32 Å². The smallest absolute Gasteiger partial charge is 0.390 e. The van der Waals surface area contributed by atoms with E-state index in [4.69, 9.17) is 5.73 Å². The molecule has 2 rings (SSSR count). The highest BCUT2D eigenvalue weighted by Crippen LogP contribution is 2.30. The summed E-state index contributed by atoms with van der Waals surface area (Å²) in [4.78, 5) is 0. The van der Waals surface area contributed by atoms with Crippen LogP contribution in [0.15, 0.2) is 48.5 Å². The first-order valence-corrected chi connectivity index (χ1v) is 8.12. The van der Waals surface area contributed by atoms with Gasteiger partial charge in [0.05, 0.1) is 11.7 Å². The van der Waals surface area contributed by atoms with Gasteiger partial charge >= 0.3 is 6.18 Å². The van der Waals surface area contributed by atoms with Gasteiger partial charge in [-0.05, 0) is 42.2 Å². The van der Waals surface area contributed by atoms with E-state index in [0.29, 0.717) is 12.0 Å². The second kappa shape index (κ2) is 8.47. The summed E-state index contributed by atoms with van der Waals surface area (Å²) in [7, 11) is 0. The molecular formula is C19H23F3N2O. The molecule has 0 saturated carbocycles. The van der Waals surface area contributed by atoms with Gasteiger partial charge in [-0.15, -0.1) is 0 Å². The lowest BCUT2D eigenvalue weighted by atomic mass is 10.0. The fourth-order valence-electron chi connectivity index (χ4n) is 2.57. The minimum atomic E-state index is -4.36. The summed E-state index contributed by atoms with van der Waals surface area (Å²) < 4.78 is 38.4.